The Morgan fingerprint density at radius 2 is 1.67 bits per heavy atom. The molecule has 3 aliphatic heterocycles. The Bertz CT molecular complexity index is 2480. The highest BCUT2D eigenvalue weighted by molar-refractivity contribution is 14.1. The van der Waals surface area contributed by atoms with Crippen LogP contribution >= 0.6 is 45.8 Å². The maximum absolute atomic E-state index is 15.4. The van der Waals surface area contributed by atoms with E-state index in [1.165, 1.54) is 17.2 Å². The molecule has 5 aliphatic rings. The number of hydrogen-bond donors (Lipinski definition) is 2. The number of nitrogens with one attached hydrogen (secondary N) is 1. The van der Waals surface area contributed by atoms with Gasteiger partial charge in [0.25, 0.3) is 11.8 Å². The molecule has 2 aliphatic carbocycles. The van der Waals surface area contributed by atoms with Gasteiger partial charge in [0.05, 0.1) is 45.7 Å². The van der Waals surface area contributed by atoms with E-state index < -0.39 is 69.5 Å². The summed E-state index contributed by atoms with van der Waals surface area (Å²) in [5.41, 5.74) is 2.45. The van der Waals surface area contributed by atoms with Gasteiger partial charge in [-0.05, 0) is 113 Å². The largest absolute Gasteiger partial charge is 0.508 e. The molecular formula is C41H28Cl2F3IN4O6. The number of halogens is 6. The number of phenolic OH excluding ortho intramolecular Hbond substituents is 1. The molecule has 4 amide bonds. The van der Waals surface area contributed by atoms with Gasteiger partial charge >= 0.3 is 6.18 Å². The van der Waals surface area contributed by atoms with Crippen LogP contribution in [0.25, 0.3) is 0 Å². The van der Waals surface area contributed by atoms with Crippen molar-refractivity contribution >= 4 is 80.9 Å². The molecule has 4 aromatic rings. The van der Waals surface area contributed by atoms with E-state index in [2.05, 4.69) is 33.0 Å². The van der Waals surface area contributed by atoms with Crippen LogP contribution in [0.1, 0.15) is 29.5 Å². The number of allylic oxidation sites excluding steroid dienone is 3. The van der Waals surface area contributed by atoms with Crippen molar-refractivity contribution in [3.63, 3.8) is 0 Å². The summed E-state index contributed by atoms with van der Waals surface area (Å²) in [4.78, 5) is 64.0. The number of alkyl halides is 3. The number of amides is 4. The van der Waals surface area contributed by atoms with Crippen molar-refractivity contribution < 1.29 is 42.2 Å². The van der Waals surface area contributed by atoms with Gasteiger partial charge in [-0.2, -0.15) is 18.2 Å². The zero-order valence-corrected chi connectivity index (χ0v) is 32.9. The van der Waals surface area contributed by atoms with Crippen molar-refractivity contribution in [3.8, 4) is 11.5 Å². The highest BCUT2D eigenvalue weighted by Crippen LogP contribution is 2.63. The first-order chi connectivity index (χ1) is 27.2. The fourth-order valence-electron chi connectivity index (χ4n) is 9.44. The number of carbonyl (C=O) groups excluding carboxylic acids is 4. The third kappa shape index (κ3) is 5.84. The van der Waals surface area contributed by atoms with E-state index in [-0.39, 0.29) is 36.7 Å². The molecular weight excluding hydrogens is 899 g/mol. The van der Waals surface area contributed by atoms with Gasteiger partial charge in [-0.1, -0.05) is 47.0 Å². The van der Waals surface area contributed by atoms with Crippen LogP contribution in [0.5, 0.6) is 11.5 Å². The fraction of sp³-hybridized carbons (Fsp3) is 0.244. The van der Waals surface area contributed by atoms with E-state index in [0.29, 0.717) is 51.0 Å². The molecule has 1 saturated carbocycles. The number of fused-ring (bicyclic) bond motifs is 5. The van der Waals surface area contributed by atoms with E-state index in [1.54, 1.807) is 60.7 Å². The predicted molar refractivity (Wildman–Crippen MR) is 210 cm³/mol. The van der Waals surface area contributed by atoms with Crippen molar-refractivity contribution in [1.82, 2.24) is 9.99 Å². The molecule has 290 valence electrons. The van der Waals surface area contributed by atoms with Crippen LogP contribution in [0.15, 0.2) is 102 Å². The molecule has 9 rings (SSSR count). The number of rotatable bonds is 5. The van der Waals surface area contributed by atoms with Crippen molar-refractivity contribution in [2.45, 2.75) is 30.9 Å². The molecule has 6 atom stereocenters. The molecule has 0 radical (unpaired) electrons. The standard InChI is InChI=1S/C41H28Cl2F3IN4O6/c42-23-3-1-21(2-4-23)40-30(37(54)51(39(40)56)49-35-31(43)15-22(17-48-35)41(44,45)46)16-29-27(34(40)20-13-19-14-26(52)9-12-32(19)57-18-20)10-11-28-33(29)38(55)50(36(28)53)25-7-5-24(47)6-8-25/h1-10,12,14-15,17-18,28-30,33-34,52H,11,13,16H2,(H,48,49)/t28-,29+,30-,33-,34-,40+/m0/s1. The van der Waals surface area contributed by atoms with Crippen LogP contribution in [-0.4, -0.2) is 38.7 Å². The molecule has 16 heteroatoms. The van der Waals surface area contributed by atoms with Crippen LogP contribution in [0.4, 0.5) is 24.7 Å². The minimum absolute atomic E-state index is 0.0145. The Balaban J connectivity index is 1.21. The number of carbonyl (C=O) groups is 4. The van der Waals surface area contributed by atoms with E-state index in [9.17, 15) is 32.7 Å². The molecule has 0 unspecified atom stereocenters. The summed E-state index contributed by atoms with van der Waals surface area (Å²) in [7, 11) is 0. The Morgan fingerprint density at radius 1 is 0.930 bits per heavy atom. The van der Waals surface area contributed by atoms with Gasteiger partial charge in [0.1, 0.15) is 11.5 Å². The zero-order chi connectivity index (χ0) is 40.1. The van der Waals surface area contributed by atoms with Gasteiger partial charge in [-0.15, -0.1) is 0 Å². The fourth-order valence-corrected chi connectivity index (χ4v) is 10.1. The highest BCUT2D eigenvalue weighted by atomic mass is 127. The number of phenols is 1. The van der Waals surface area contributed by atoms with Gasteiger partial charge in [0.15, 0.2) is 5.82 Å². The van der Waals surface area contributed by atoms with Crippen LogP contribution in [0, 0.1) is 33.2 Å². The third-order valence-corrected chi connectivity index (χ3v) is 13.0. The first-order valence-corrected chi connectivity index (χ1v) is 19.7. The van der Waals surface area contributed by atoms with E-state index >= 15 is 4.79 Å². The second-order valence-corrected chi connectivity index (χ2v) is 16.8. The summed E-state index contributed by atoms with van der Waals surface area (Å²) in [6, 6.07) is 18.8. The molecule has 10 nitrogen and oxygen atoms in total. The molecule has 3 fully saturated rings. The van der Waals surface area contributed by atoms with Crippen molar-refractivity contribution in [3.05, 3.63) is 133 Å². The SMILES string of the molecule is O=C1[C@@H]2C[C@@H]3C(=CC[C@@H]4C(=O)N(c5ccc(I)cc5)C(=O)[C@@H]43)[C@H](C3=COc4ccc(O)cc4C3)[C@]2(c2ccc(Cl)cc2)C(=O)N1Nc1ncc(C(F)(F)F)cc1Cl. The molecule has 4 heterocycles. The molecule has 0 spiro atoms. The minimum atomic E-state index is -4.75. The van der Waals surface area contributed by atoms with Crippen molar-refractivity contribution in [2.24, 2.45) is 29.6 Å². The lowest BCUT2D eigenvalue weighted by Crippen LogP contribution is -2.55. The Morgan fingerprint density at radius 3 is 2.37 bits per heavy atom. The molecule has 0 bridgehead atoms. The van der Waals surface area contributed by atoms with Gasteiger partial charge in [-0.3, -0.25) is 29.5 Å². The number of anilines is 2. The molecule has 2 N–H and O–H groups in total. The Kier molecular flexibility index (Phi) is 8.97. The highest BCUT2D eigenvalue weighted by Gasteiger charge is 2.71. The van der Waals surface area contributed by atoms with E-state index in [1.807, 2.05) is 6.08 Å². The summed E-state index contributed by atoms with van der Waals surface area (Å²) in [6.07, 6.45) is -0.464. The number of hydrazine groups is 1. The van der Waals surface area contributed by atoms with Crippen LogP contribution < -0.4 is 15.1 Å². The third-order valence-electron chi connectivity index (χ3n) is 11.8. The number of pyridine rings is 1. The van der Waals surface area contributed by atoms with Crippen molar-refractivity contribution in [2.75, 3.05) is 10.3 Å². The number of nitrogens with zero attached hydrogens (tertiary/aromatic N) is 3. The molecule has 3 aromatic carbocycles. The second-order valence-electron chi connectivity index (χ2n) is 14.7. The summed E-state index contributed by atoms with van der Waals surface area (Å²) in [6.45, 7) is 0. The van der Waals surface area contributed by atoms with E-state index in [4.69, 9.17) is 27.9 Å². The lowest BCUT2D eigenvalue weighted by Gasteiger charge is -2.51. The summed E-state index contributed by atoms with van der Waals surface area (Å²) in [5, 5.41) is 11.1. The molecule has 57 heavy (non-hydrogen) atoms. The van der Waals surface area contributed by atoms with E-state index in [0.717, 1.165) is 8.58 Å². The smallest absolute Gasteiger partial charge is 0.417 e. The average Bonchev–Trinajstić information content (AvgIpc) is 3.56. The van der Waals surface area contributed by atoms with Crippen molar-refractivity contribution in [1.29, 1.82) is 0 Å². The summed E-state index contributed by atoms with van der Waals surface area (Å²) >= 11 is 14.8. The van der Waals surface area contributed by atoms with Crippen LogP contribution in [0.3, 0.4) is 0 Å². The quantitative estimate of drug-likeness (QED) is 0.116. The average molecular weight is 928 g/mol. The van der Waals surface area contributed by atoms with Gasteiger partial charge in [0, 0.05) is 32.7 Å². The number of benzene rings is 3. The van der Waals surface area contributed by atoms with Crippen LogP contribution in [0.2, 0.25) is 10.0 Å². The van der Waals surface area contributed by atoms with Gasteiger partial charge in [0.2, 0.25) is 11.8 Å². The van der Waals surface area contributed by atoms with Gasteiger partial charge < -0.3 is 9.84 Å². The number of hydrogen-bond acceptors (Lipinski definition) is 8. The monoisotopic (exact) mass is 926 g/mol. The van der Waals surface area contributed by atoms with Gasteiger partial charge in [-0.25, -0.2) is 4.98 Å². The molecule has 2 saturated heterocycles. The number of imide groups is 2. The maximum Gasteiger partial charge on any atom is 0.417 e. The summed E-state index contributed by atoms with van der Waals surface area (Å²) < 4.78 is 47.6. The first-order valence-electron chi connectivity index (χ1n) is 17.8. The number of aromatic hydroxyl groups is 1. The lowest BCUT2D eigenvalue weighted by molar-refractivity contribution is -0.139. The number of ether oxygens (including phenoxy) is 1. The Labute approximate surface area is 346 Å². The first kappa shape index (κ1) is 37.6. The zero-order valence-electron chi connectivity index (χ0n) is 29.3. The second kappa shape index (κ2) is 13.6. The number of aromatic nitrogens is 1. The minimum Gasteiger partial charge on any atom is -0.508 e. The predicted octanol–water partition coefficient (Wildman–Crippen LogP) is 8.26. The maximum atomic E-state index is 15.4. The lowest BCUT2D eigenvalue weighted by atomic mass is 9.48. The normalized spacial score (nSPS) is 26.6. The summed E-state index contributed by atoms with van der Waals surface area (Å²) in [5.74, 6) is -6.61. The van der Waals surface area contributed by atoms with Crippen LogP contribution in [-0.2, 0) is 37.2 Å². The Hall–Kier alpha value is -4.93. The molecule has 1 aromatic heterocycles. The topological polar surface area (TPSA) is 129 Å².